The summed E-state index contributed by atoms with van der Waals surface area (Å²) in [7, 11) is 0. The molecule has 0 aromatic heterocycles. The van der Waals surface area contributed by atoms with E-state index in [1.54, 1.807) is 11.1 Å². The molecular formula is C42H67FN2O. The number of likely N-dealkylation sites (tertiary alicyclic amines) is 1. The lowest BCUT2D eigenvalue weighted by Gasteiger charge is -2.72. The van der Waals surface area contributed by atoms with Crippen LogP contribution in [0.3, 0.4) is 0 Å². The van der Waals surface area contributed by atoms with Gasteiger partial charge in [-0.25, -0.2) is 0 Å². The van der Waals surface area contributed by atoms with Crippen molar-refractivity contribution in [3.05, 3.63) is 23.3 Å². The van der Waals surface area contributed by atoms with E-state index in [0.717, 1.165) is 82.0 Å². The molecule has 5 fully saturated rings. The highest BCUT2D eigenvalue weighted by Gasteiger charge is 2.69. The summed E-state index contributed by atoms with van der Waals surface area (Å²) in [6.45, 7) is 19.8. The second-order valence-corrected chi connectivity index (χ2v) is 19.4. The SMILES string of the molecule is CC1(C=O)CCN(CCNC23CCCC2C2CCC4C5(C)CC=C(C6=CCC(CF)CC6)C(C)(C)C5CCC4(C)[C@]2(C)CC3)CC1. The van der Waals surface area contributed by atoms with Gasteiger partial charge in [-0.05, 0) is 165 Å². The Morgan fingerprint density at radius 3 is 2.33 bits per heavy atom. The van der Waals surface area contributed by atoms with Crippen LogP contribution in [-0.4, -0.2) is 49.6 Å². The van der Waals surface area contributed by atoms with Crippen molar-refractivity contribution < 1.29 is 9.18 Å². The van der Waals surface area contributed by atoms with Crippen molar-refractivity contribution in [2.45, 2.75) is 143 Å². The van der Waals surface area contributed by atoms with Crippen LogP contribution in [0.25, 0.3) is 0 Å². The Morgan fingerprint density at radius 2 is 1.63 bits per heavy atom. The molecule has 0 spiro atoms. The first-order valence-corrected chi connectivity index (χ1v) is 19.7. The van der Waals surface area contributed by atoms with E-state index in [1.807, 2.05) is 0 Å². The zero-order valence-electron chi connectivity index (χ0n) is 30.5. The number of hydrogen-bond donors (Lipinski definition) is 1. The molecule has 0 radical (unpaired) electrons. The Labute approximate surface area is 281 Å². The van der Waals surface area contributed by atoms with Crippen molar-refractivity contribution in [1.82, 2.24) is 10.2 Å². The number of allylic oxidation sites excluding steroid dienone is 4. The zero-order valence-corrected chi connectivity index (χ0v) is 30.5. The first-order valence-electron chi connectivity index (χ1n) is 19.7. The second kappa shape index (κ2) is 11.8. The first-order chi connectivity index (χ1) is 21.8. The Balaban J connectivity index is 1.07. The topological polar surface area (TPSA) is 32.3 Å². The third kappa shape index (κ3) is 5.01. The highest BCUT2D eigenvalue weighted by atomic mass is 19.1. The maximum absolute atomic E-state index is 13.4. The number of hydrogen-bond acceptors (Lipinski definition) is 3. The first kappa shape index (κ1) is 33.5. The smallest absolute Gasteiger partial charge is 0.125 e. The summed E-state index contributed by atoms with van der Waals surface area (Å²) in [5.41, 5.74) is 4.82. The van der Waals surface area contributed by atoms with E-state index in [9.17, 15) is 9.18 Å². The van der Waals surface area contributed by atoms with Gasteiger partial charge < -0.3 is 15.0 Å². The van der Waals surface area contributed by atoms with Crippen molar-refractivity contribution in [3.63, 3.8) is 0 Å². The number of carbonyl (C=O) groups excluding carboxylic acids is 1. The van der Waals surface area contributed by atoms with Gasteiger partial charge in [0.1, 0.15) is 6.29 Å². The lowest BCUT2D eigenvalue weighted by molar-refractivity contribution is -0.218. The van der Waals surface area contributed by atoms with Crippen LogP contribution in [0, 0.1) is 56.7 Å². The molecule has 1 heterocycles. The van der Waals surface area contributed by atoms with Crippen LogP contribution >= 0.6 is 0 Å². The number of fused-ring (bicyclic) bond motifs is 7. The van der Waals surface area contributed by atoms with Gasteiger partial charge in [0.2, 0.25) is 0 Å². The average Bonchev–Trinajstić information content (AvgIpc) is 3.46. The Bertz CT molecular complexity index is 1230. The standard InChI is InChI=1S/C42H67FN2O/c1-37(2)32(31-11-9-30(28-43)10-12-31)15-18-39(4)35(37)16-19-41(6)36(39)14-13-33-34-8-7-17-42(34,21-20-40(33,41)5)44-24-27-45-25-22-38(3,29-46)23-26-45/h11,15,29-30,33-36,44H,7-10,12-14,16-28H2,1-6H3/t30?,33?,34?,35?,36?,39?,40-,41?,42?/m1/s1. The van der Waals surface area contributed by atoms with Gasteiger partial charge >= 0.3 is 0 Å². The van der Waals surface area contributed by atoms with Gasteiger partial charge in [-0.2, -0.15) is 0 Å². The van der Waals surface area contributed by atoms with E-state index in [1.165, 1.54) is 70.5 Å². The number of alkyl halides is 1. The molecule has 0 aromatic carbocycles. The van der Waals surface area contributed by atoms with E-state index in [4.69, 9.17) is 0 Å². The molecule has 1 aliphatic heterocycles. The molecule has 4 saturated carbocycles. The highest BCUT2D eigenvalue weighted by Crippen LogP contribution is 2.76. The monoisotopic (exact) mass is 635 g/mol. The predicted molar refractivity (Wildman–Crippen MR) is 188 cm³/mol. The maximum Gasteiger partial charge on any atom is 0.125 e. The minimum atomic E-state index is -0.160. The zero-order chi connectivity index (χ0) is 32.6. The molecule has 3 nitrogen and oxygen atoms in total. The molecular weight excluding hydrogens is 567 g/mol. The largest absolute Gasteiger partial charge is 0.310 e. The molecule has 8 unspecified atom stereocenters. The quantitative estimate of drug-likeness (QED) is 0.283. The van der Waals surface area contributed by atoms with E-state index in [2.05, 4.69) is 63.9 Å². The van der Waals surface area contributed by atoms with Crippen LogP contribution in [0.15, 0.2) is 23.3 Å². The average molecular weight is 635 g/mol. The molecule has 7 rings (SSSR count). The summed E-state index contributed by atoms with van der Waals surface area (Å²) in [5, 5.41) is 4.27. The minimum absolute atomic E-state index is 0.0992. The van der Waals surface area contributed by atoms with Crippen molar-refractivity contribution >= 4 is 6.29 Å². The van der Waals surface area contributed by atoms with Gasteiger partial charge in [0.15, 0.2) is 0 Å². The van der Waals surface area contributed by atoms with Gasteiger partial charge in [-0.1, -0.05) is 60.1 Å². The second-order valence-electron chi connectivity index (χ2n) is 19.4. The molecule has 9 atom stereocenters. The van der Waals surface area contributed by atoms with E-state index in [-0.39, 0.29) is 23.4 Å². The summed E-state index contributed by atoms with van der Waals surface area (Å²) >= 11 is 0. The fourth-order valence-corrected chi connectivity index (χ4v) is 14.2. The van der Waals surface area contributed by atoms with Gasteiger partial charge in [-0.15, -0.1) is 0 Å². The van der Waals surface area contributed by atoms with E-state index < -0.39 is 0 Å². The Hall–Kier alpha value is -1.00. The van der Waals surface area contributed by atoms with Crippen LogP contribution in [0.4, 0.5) is 4.39 Å². The lowest BCUT2D eigenvalue weighted by atomic mass is 9.33. The molecule has 258 valence electrons. The molecule has 46 heavy (non-hydrogen) atoms. The van der Waals surface area contributed by atoms with Crippen LogP contribution in [0.1, 0.15) is 138 Å². The molecule has 0 bridgehead atoms. The summed E-state index contributed by atoms with van der Waals surface area (Å²) in [6, 6.07) is 0. The van der Waals surface area contributed by atoms with E-state index >= 15 is 0 Å². The number of aldehydes is 1. The van der Waals surface area contributed by atoms with Gasteiger partial charge in [0, 0.05) is 24.0 Å². The Kier molecular flexibility index (Phi) is 8.60. The third-order valence-corrected chi connectivity index (χ3v) is 17.2. The number of halogens is 1. The summed E-state index contributed by atoms with van der Waals surface area (Å²) < 4.78 is 13.4. The highest BCUT2D eigenvalue weighted by molar-refractivity contribution is 5.58. The summed E-state index contributed by atoms with van der Waals surface area (Å²) in [5.74, 6) is 3.45. The van der Waals surface area contributed by atoms with Crippen LogP contribution < -0.4 is 5.32 Å². The molecule has 0 aromatic rings. The fourth-order valence-electron chi connectivity index (χ4n) is 14.2. The van der Waals surface area contributed by atoms with Crippen molar-refractivity contribution in [1.29, 1.82) is 0 Å². The van der Waals surface area contributed by atoms with Gasteiger partial charge in [0.25, 0.3) is 0 Å². The van der Waals surface area contributed by atoms with Crippen molar-refractivity contribution in [2.24, 2.45) is 56.7 Å². The summed E-state index contributed by atoms with van der Waals surface area (Å²) in [4.78, 5) is 14.2. The maximum atomic E-state index is 13.4. The van der Waals surface area contributed by atoms with Crippen LogP contribution in [-0.2, 0) is 4.79 Å². The van der Waals surface area contributed by atoms with Gasteiger partial charge in [-0.3, -0.25) is 4.39 Å². The molecule has 6 aliphatic carbocycles. The molecule has 7 aliphatic rings. The third-order valence-electron chi connectivity index (χ3n) is 17.2. The normalized spacial score (nSPS) is 46.6. The molecule has 1 N–H and O–H groups in total. The number of rotatable bonds is 7. The van der Waals surface area contributed by atoms with E-state index in [0.29, 0.717) is 21.8 Å². The molecule has 0 amide bonds. The number of nitrogens with one attached hydrogen (secondary N) is 1. The summed E-state index contributed by atoms with van der Waals surface area (Å²) in [6.07, 6.45) is 25.1. The molecule has 1 saturated heterocycles. The van der Waals surface area contributed by atoms with Crippen molar-refractivity contribution in [3.8, 4) is 0 Å². The fraction of sp³-hybridized carbons (Fsp3) is 0.881. The minimum Gasteiger partial charge on any atom is -0.310 e. The number of nitrogens with zero attached hydrogens (tertiary/aromatic N) is 1. The molecule has 4 heteroatoms. The van der Waals surface area contributed by atoms with Gasteiger partial charge in [0.05, 0.1) is 6.67 Å². The van der Waals surface area contributed by atoms with Crippen molar-refractivity contribution in [2.75, 3.05) is 32.9 Å². The number of carbonyl (C=O) groups is 1. The van der Waals surface area contributed by atoms with Crippen LogP contribution in [0.5, 0.6) is 0 Å². The van der Waals surface area contributed by atoms with Crippen LogP contribution in [0.2, 0.25) is 0 Å². The lowest BCUT2D eigenvalue weighted by Crippen LogP contribution is -2.67. The Morgan fingerprint density at radius 1 is 0.848 bits per heavy atom. The number of piperidine rings is 1. The predicted octanol–water partition coefficient (Wildman–Crippen LogP) is 9.72.